The number of rotatable bonds is 8. The highest BCUT2D eigenvalue weighted by Gasteiger charge is 2.41. The van der Waals surface area contributed by atoms with E-state index in [1.54, 1.807) is 13.2 Å². The van der Waals surface area contributed by atoms with Crippen LogP contribution in [-0.2, 0) is 4.74 Å². The number of hydrogen-bond acceptors (Lipinski definition) is 7. The molecule has 5 rings (SSSR count). The van der Waals surface area contributed by atoms with Gasteiger partial charge in [0.2, 0.25) is 0 Å². The summed E-state index contributed by atoms with van der Waals surface area (Å²) in [6.45, 7) is 3.29. The SMILES string of the molecule is COc1cc2ncnc(Nc3ccc(F)c(Cl)c3)c2cc1NCC=CCN1C2COCC1C2. The van der Waals surface area contributed by atoms with Crippen LogP contribution in [0.3, 0.4) is 0 Å². The molecule has 2 unspecified atom stereocenters. The molecule has 2 saturated heterocycles. The molecule has 7 nitrogen and oxygen atoms in total. The fourth-order valence-electron chi connectivity index (χ4n) is 4.36. The summed E-state index contributed by atoms with van der Waals surface area (Å²) in [6.07, 6.45) is 7.04. The number of halogens is 2. The molecular formula is C24H25ClFN5O2. The van der Waals surface area contributed by atoms with Crippen molar-refractivity contribution in [2.75, 3.05) is 44.0 Å². The van der Waals surface area contributed by atoms with Crippen LogP contribution in [0.4, 0.5) is 21.6 Å². The van der Waals surface area contributed by atoms with Crippen LogP contribution in [0, 0.1) is 5.82 Å². The van der Waals surface area contributed by atoms with Crippen molar-refractivity contribution in [1.82, 2.24) is 14.9 Å². The molecule has 2 N–H and O–H groups in total. The molecule has 0 amide bonds. The normalized spacial score (nSPS) is 20.1. The molecular weight excluding hydrogens is 445 g/mol. The zero-order valence-electron chi connectivity index (χ0n) is 18.2. The van der Waals surface area contributed by atoms with Gasteiger partial charge in [0.05, 0.1) is 36.6 Å². The van der Waals surface area contributed by atoms with Crippen LogP contribution in [0.5, 0.6) is 5.75 Å². The monoisotopic (exact) mass is 469 g/mol. The van der Waals surface area contributed by atoms with Crippen LogP contribution in [0.1, 0.15) is 6.42 Å². The van der Waals surface area contributed by atoms with Gasteiger partial charge < -0.3 is 20.1 Å². The summed E-state index contributed by atoms with van der Waals surface area (Å²) in [6, 6.07) is 9.42. The number of benzene rings is 2. The Bertz CT molecular complexity index is 1180. The van der Waals surface area contributed by atoms with Crippen molar-refractivity contribution in [3.63, 3.8) is 0 Å². The minimum Gasteiger partial charge on any atom is -0.495 e. The van der Waals surface area contributed by atoms with Crippen LogP contribution in [0.25, 0.3) is 10.9 Å². The van der Waals surface area contributed by atoms with Gasteiger partial charge in [-0.2, -0.15) is 0 Å². The maximum Gasteiger partial charge on any atom is 0.144 e. The number of morpholine rings is 1. The topological polar surface area (TPSA) is 71.5 Å². The van der Waals surface area contributed by atoms with Gasteiger partial charge in [-0.25, -0.2) is 14.4 Å². The van der Waals surface area contributed by atoms with E-state index < -0.39 is 5.82 Å². The Hall–Kier alpha value is -2.94. The van der Waals surface area contributed by atoms with Gasteiger partial charge in [0.1, 0.15) is 23.7 Å². The predicted octanol–water partition coefficient (Wildman–Crippen LogP) is 4.62. The first-order chi connectivity index (χ1) is 16.1. The summed E-state index contributed by atoms with van der Waals surface area (Å²) in [7, 11) is 1.63. The number of nitrogens with one attached hydrogen (secondary N) is 2. The highest BCUT2D eigenvalue weighted by Crippen LogP contribution is 2.34. The Morgan fingerprint density at radius 2 is 2.06 bits per heavy atom. The van der Waals surface area contributed by atoms with Crippen molar-refractivity contribution in [3.8, 4) is 5.75 Å². The number of hydrogen-bond donors (Lipinski definition) is 2. The lowest BCUT2D eigenvalue weighted by Gasteiger charge is -2.52. The van der Waals surface area contributed by atoms with Crippen LogP contribution < -0.4 is 15.4 Å². The Morgan fingerprint density at radius 3 is 2.82 bits per heavy atom. The van der Waals surface area contributed by atoms with Gasteiger partial charge in [0, 0.05) is 42.3 Å². The smallest absolute Gasteiger partial charge is 0.144 e. The molecule has 0 radical (unpaired) electrons. The second-order valence-electron chi connectivity index (χ2n) is 8.18. The van der Waals surface area contributed by atoms with Crippen LogP contribution in [0.15, 0.2) is 48.8 Å². The van der Waals surface area contributed by atoms with Crippen molar-refractivity contribution in [1.29, 1.82) is 0 Å². The fourth-order valence-corrected chi connectivity index (χ4v) is 4.54. The average Bonchev–Trinajstić information content (AvgIpc) is 2.83. The lowest BCUT2D eigenvalue weighted by Crippen LogP contribution is -2.63. The third-order valence-corrected chi connectivity index (χ3v) is 6.42. The number of methoxy groups -OCH3 is 1. The molecule has 0 spiro atoms. The van der Waals surface area contributed by atoms with Crippen molar-refractivity contribution >= 4 is 39.7 Å². The first-order valence-electron chi connectivity index (χ1n) is 10.9. The van der Waals surface area contributed by atoms with Gasteiger partial charge in [-0.05, 0) is 30.7 Å². The maximum atomic E-state index is 13.5. The van der Waals surface area contributed by atoms with E-state index in [-0.39, 0.29) is 5.02 Å². The summed E-state index contributed by atoms with van der Waals surface area (Å²) < 4.78 is 24.6. The highest BCUT2D eigenvalue weighted by molar-refractivity contribution is 6.31. The predicted molar refractivity (Wildman–Crippen MR) is 128 cm³/mol. The Kier molecular flexibility index (Phi) is 6.30. The number of anilines is 3. The molecule has 9 heteroatoms. The third-order valence-electron chi connectivity index (χ3n) is 6.13. The Morgan fingerprint density at radius 1 is 1.21 bits per heavy atom. The molecule has 2 bridgehead atoms. The molecule has 33 heavy (non-hydrogen) atoms. The molecule has 172 valence electrons. The summed E-state index contributed by atoms with van der Waals surface area (Å²) >= 11 is 5.92. The first kappa shape index (κ1) is 21.9. The summed E-state index contributed by atoms with van der Waals surface area (Å²) in [5.74, 6) is 0.819. The molecule has 3 aromatic rings. The van der Waals surface area contributed by atoms with Gasteiger partial charge in [0.25, 0.3) is 0 Å². The van der Waals surface area contributed by atoms with E-state index in [1.165, 1.54) is 24.9 Å². The third kappa shape index (κ3) is 4.59. The van der Waals surface area contributed by atoms with E-state index in [4.69, 9.17) is 21.1 Å². The van der Waals surface area contributed by atoms with Crippen LogP contribution in [0.2, 0.25) is 5.02 Å². The Balaban J connectivity index is 1.30. The highest BCUT2D eigenvalue weighted by atomic mass is 35.5. The summed E-state index contributed by atoms with van der Waals surface area (Å²) in [4.78, 5) is 11.2. The van der Waals surface area contributed by atoms with E-state index in [1.807, 2.05) is 12.1 Å². The quantitative estimate of drug-likeness (QED) is 0.466. The molecule has 0 saturated carbocycles. The molecule has 3 heterocycles. The number of aromatic nitrogens is 2. The van der Waals surface area contributed by atoms with Crippen LogP contribution >= 0.6 is 11.6 Å². The van der Waals surface area contributed by atoms with Crippen LogP contribution in [-0.4, -0.2) is 60.4 Å². The largest absolute Gasteiger partial charge is 0.495 e. The van der Waals surface area contributed by atoms with E-state index >= 15 is 0 Å². The first-order valence-corrected chi connectivity index (χ1v) is 11.3. The molecule has 0 aliphatic carbocycles. The minimum atomic E-state index is -0.468. The lowest BCUT2D eigenvalue weighted by molar-refractivity contribution is -0.121. The summed E-state index contributed by atoms with van der Waals surface area (Å²) in [5, 5.41) is 7.46. The van der Waals surface area contributed by atoms with Gasteiger partial charge in [-0.1, -0.05) is 23.8 Å². The summed E-state index contributed by atoms with van der Waals surface area (Å²) in [5.41, 5.74) is 2.19. The average molecular weight is 470 g/mol. The van der Waals surface area contributed by atoms with E-state index in [9.17, 15) is 4.39 Å². The van der Waals surface area contributed by atoms with Crippen molar-refractivity contribution in [2.45, 2.75) is 18.5 Å². The lowest BCUT2D eigenvalue weighted by atomic mass is 9.91. The number of ether oxygens (including phenoxy) is 2. The van der Waals surface area contributed by atoms with Gasteiger partial charge in [-0.15, -0.1) is 0 Å². The maximum absolute atomic E-state index is 13.5. The van der Waals surface area contributed by atoms with Gasteiger partial charge in [0.15, 0.2) is 0 Å². The van der Waals surface area contributed by atoms with Crippen molar-refractivity contribution < 1.29 is 13.9 Å². The fraction of sp³-hybridized carbons (Fsp3) is 0.333. The molecule has 2 aliphatic rings. The molecule has 2 atom stereocenters. The number of nitrogens with zero attached hydrogens (tertiary/aromatic N) is 3. The van der Waals surface area contributed by atoms with E-state index in [0.717, 1.165) is 36.3 Å². The van der Waals surface area contributed by atoms with Crippen molar-refractivity contribution in [2.24, 2.45) is 0 Å². The van der Waals surface area contributed by atoms with E-state index in [2.05, 4.69) is 37.7 Å². The standard InChI is InChI=1S/C24H25ClFN5O2/c1-32-23-11-21-18(24(29-14-28-21)30-15-4-5-20(26)19(25)8-15)10-22(23)27-6-2-3-7-31-16-9-17(31)13-33-12-16/h2-5,8,10-11,14,16-17,27H,6-7,9,12-13H2,1H3,(H,28,29,30). The van der Waals surface area contributed by atoms with E-state index in [0.29, 0.717) is 35.9 Å². The second-order valence-corrected chi connectivity index (χ2v) is 8.58. The minimum absolute atomic E-state index is 0.0450. The molecule has 2 aliphatic heterocycles. The molecule has 2 fully saturated rings. The molecule has 2 aromatic carbocycles. The zero-order valence-corrected chi connectivity index (χ0v) is 19.0. The molecule has 1 aromatic heterocycles. The van der Waals surface area contributed by atoms with Gasteiger partial charge in [-0.3, -0.25) is 4.90 Å². The van der Waals surface area contributed by atoms with Gasteiger partial charge >= 0.3 is 0 Å². The zero-order chi connectivity index (χ0) is 22.8. The Labute approximate surface area is 196 Å². The second kappa shape index (κ2) is 9.51. The number of fused-ring (bicyclic) bond motifs is 3. The van der Waals surface area contributed by atoms with Crippen molar-refractivity contribution in [3.05, 3.63) is 59.7 Å².